The van der Waals surface area contributed by atoms with Crippen LogP contribution in [0.25, 0.3) is 22.3 Å². The second-order valence-corrected chi connectivity index (χ2v) is 9.28. The van der Waals surface area contributed by atoms with Crippen LogP contribution < -0.4 is 15.0 Å². The van der Waals surface area contributed by atoms with Gasteiger partial charge in [-0.3, -0.25) is 19.3 Å². The predicted octanol–water partition coefficient (Wildman–Crippen LogP) is 4.14. The minimum absolute atomic E-state index is 0.0196. The van der Waals surface area contributed by atoms with E-state index < -0.39 is 4.92 Å². The minimum Gasteiger partial charge on any atom is -0.347 e. The standard InChI is InChI=1S/C24H20N4O3S/c1-24(2)17-6-4-5-7-19(17)26(3)21(24)13-12-20-22(29)27-14-18(25-23(27)32-20)15-8-10-16(11-9-15)28(30)31/h4-14H,1-3H3/b20-12+,21-13-. The summed E-state index contributed by atoms with van der Waals surface area (Å²) in [6.07, 6.45) is 5.57. The van der Waals surface area contributed by atoms with Crippen molar-refractivity contribution in [2.24, 2.45) is 0 Å². The highest BCUT2D eigenvalue weighted by Crippen LogP contribution is 2.46. The number of likely N-dealkylation sites (N-methyl/N-ethyl adjacent to an activating group) is 1. The van der Waals surface area contributed by atoms with Crippen molar-refractivity contribution >= 4 is 33.7 Å². The summed E-state index contributed by atoms with van der Waals surface area (Å²) in [5, 5.41) is 10.8. The lowest BCUT2D eigenvalue weighted by Crippen LogP contribution is -2.24. The molecule has 0 saturated carbocycles. The third kappa shape index (κ3) is 3.03. The number of rotatable bonds is 3. The Hall–Kier alpha value is -3.78. The Morgan fingerprint density at radius 2 is 1.81 bits per heavy atom. The van der Waals surface area contributed by atoms with E-state index in [0.29, 0.717) is 15.2 Å². The predicted molar refractivity (Wildman–Crippen MR) is 127 cm³/mol. The molecule has 1 aliphatic rings. The first-order valence-electron chi connectivity index (χ1n) is 10.1. The Kier molecular flexibility index (Phi) is 4.49. The Morgan fingerprint density at radius 1 is 1.09 bits per heavy atom. The molecule has 0 amide bonds. The van der Waals surface area contributed by atoms with Gasteiger partial charge < -0.3 is 4.90 Å². The fraction of sp³-hybridized carbons (Fsp3) is 0.167. The van der Waals surface area contributed by atoms with Gasteiger partial charge in [0.25, 0.3) is 11.2 Å². The zero-order chi connectivity index (χ0) is 22.6. The Bertz CT molecular complexity index is 1510. The average Bonchev–Trinajstić information content (AvgIpc) is 3.38. The van der Waals surface area contributed by atoms with Gasteiger partial charge in [0.1, 0.15) is 0 Å². The lowest BCUT2D eigenvalue weighted by atomic mass is 9.84. The van der Waals surface area contributed by atoms with E-state index in [1.165, 1.54) is 39.1 Å². The van der Waals surface area contributed by atoms with Crippen molar-refractivity contribution < 1.29 is 4.92 Å². The third-order valence-electron chi connectivity index (χ3n) is 6.01. The molecule has 0 atom stereocenters. The molecule has 0 radical (unpaired) electrons. The molecule has 3 heterocycles. The Morgan fingerprint density at radius 3 is 2.47 bits per heavy atom. The van der Waals surface area contributed by atoms with Crippen molar-refractivity contribution in [2.75, 3.05) is 11.9 Å². The number of imidazole rings is 1. The molecule has 0 N–H and O–H groups in total. The lowest BCUT2D eigenvalue weighted by molar-refractivity contribution is -0.384. The summed E-state index contributed by atoms with van der Waals surface area (Å²) in [6, 6.07) is 14.5. The number of allylic oxidation sites excluding steroid dienone is 2. The van der Waals surface area contributed by atoms with Crippen LogP contribution in [0.4, 0.5) is 11.4 Å². The van der Waals surface area contributed by atoms with Gasteiger partial charge in [-0.15, -0.1) is 0 Å². The number of anilines is 1. The number of thiazole rings is 1. The molecule has 160 valence electrons. The second-order valence-electron chi connectivity index (χ2n) is 8.27. The van der Waals surface area contributed by atoms with Gasteiger partial charge in [-0.2, -0.15) is 0 Å². The largest absolute Gasteiger partial charge is 0.347 e. The number of nitrogens with zero attached hydrogens (tertiary/aromatic N) is 4. The van der Waals surface area contributed by atoms with Crippen LogP contribution in [0.1, 0.15) is 19.4 Å². The van der Waals surface area contributed by atoms with E-state index >= 15 is 0 Å². The van der Waals surface area contributed by atoms with E-state index in [1.54, 1.807) is 18.3 Å². The van der Waals surface area contributed by atoms with Gasteiger partial charge in [0.15, 0.2) is 4.96 Å². The molecule has 2 aromatic carbocycles. The molecule has 4 aromatic rings. The molecule has 0 unspecified atom stereocenters. The summed E-state index contributed by atoms with van der Waals surface area (Å²) in [5.74, 6) is 0. The zero-order valence-corrected chi connectivity index (χ0v) is 18.6. The maximum atomic E-state index is 13.0. The first kappa shape index (κ1) is 20.1. The van der Waals surface area contributed by atoms with Crippen molar-refractivity contribution in [1.29, 1.82) is 0 Å². The van der Waals surface area contributed by atoms with Crippen molar-refractivity contribution in [3.05, 3.63) is 97.1 Å². The van der Waals surface area contributed by atoms with Crippen molar-refractivity contribution in [3.63, 3.8) is 0 Å². The summed E-state index contributed by atoms with van der Waals surface area (Å²) < 4.78 is 2.14. The van der Waals surface area contributed by atoms with Crippen molar-refractivity contribution in [3.8, 4) is 11.3 Å². The fourth-order valence-corrected chi connectivity index (χ4v) is 5.19. The van der Waals surface area contributed by atoms with Crippen molar-refractivity contribution in [1.82, 2.24) is 9.38 Å². The number of fused-ring (bicyclic) bond motifs is 2. The number of aromatic nitrogens is 2. The Balaban J connectivity index is 1.52. The summed E-state index contributed by atoms with van der Waals surface area (Å²) in [7, 11) is 2.04. The van der Waals surface area contributed by atoms with Crippen LogP contribution in [0.5, 0.6) is 0 Å². The van der Waals surface area contributed by atoms with Crippen LogP contribution in [0.15, 0.2) is 71.3 Å². The summed E-state index contributed by atoms with van der Waals surface area (Å²) in [5.41, 5.74) is 4.63. The molecule has 7 nitrogen and oxygen atoms in total. The molecule has 1 aliphatic heterocycles. The molecular formula is C24H20N4O3S. The molecule has 0 bridgehead atoms. The molecule has 5 rings (SSSR count). The average molecular weight is 445 g/mol. The number of nitro groups is 1. The van der Waals surface area contributed by atoms with Gasteiger partial charge in [-0.1, -0.05) is 43.4 Å². The molecule has 0 spiro atoms. The van der Waals surface area contributed by atoms with E-state index in [4.69, 9.17) is 0 Å². The summed E-state index contributed by atoms with van der Waals surface area (Å²) in [4.78, 5) is 30.7. The quantitative estimate of drug-likeness (QED) is 0.350. The lowest BCUT2D eigenvalue weighted by Gasteiger charge is -2.23. The fourth-order valence-electron chi connectivity index (χ4n) is 4.30. The smallest absolute Gasteiger partial charge is 0.274 e. The molecule has 2 aromatic heterocycles. The highest BCUT2D eigenvalue weighted by Gasteiger charge is 2.37. The number of hydrogen-bond acceptors (Lipinski definition) is 6. The van der Waals surface area contributed by atoms with Gasteiger partial charge in [-0.25, -0.2) is 4.98 Å². The SMILES string of the molecule is CN1/C(=C\C=c2\sc3nc(-c4ccc([N+](=O)[O-])cc4)cn3c2=O)C(C)(C)c2ccccc21. The zero-order valence-electron chi connectivity index (χ0n) is 17.8. The van der Waals surface area contributed by atoms with E-state index in [2.05, 4.69) is 35.9 Å². The Labute approximate surface area is 187 Å². The van der Waals surface area contributed by atoms with Crippen LogP contribution in [0.2, 0.25) is 0 Å². The van der Waals surface area contributed by atoms with Crippen LogP contribution in [-0.2, 0) is 5.41 Å². The summed E-state index contributed by atoms with van der Waals surface area (Å²) in [6.45, 7) is 4.37. The summed E-state index contributed by atoms with van der Waals surface area (Å²) >= 11 is 1.33. The third-order valence-corrected chi connectivity index (χ3v) is 7.01. The first-order valence-corrected chi connectivity index (χ1v) is 10.9. The van der Waals surface area contributed by atoms with Crippen LogP contribution in [0.3, 0.4) is 0 Å². The number of non-ortho nitro benzene ring substituents is 1. The highest BCUT2D eigenvalue weighted by atomic mass is 32.1. The van der Waals surface area contributed by atoms with Gasteiger partial charge in [0, 0.05) is 47.7 Å². The van der Waals surface area contributed by atoms with Crippen LogP contribution >= 0.6 is 11.3 Å². The monoisotopic (exact) mass is 444 g/mol. The molecule has 0 saturated heterocycles. The van der Waals surface area contributed by atoms with Crippen LogP contribution in [0, 0.1) is 10.1 Å². The topological polar surface area (TPSA) is 80.8 Å². The van der Waals surface area contributed by atoms with Gasteiger partial charge >= 0.3 is 0 Å². The highest BCUT2D eigenvalue weighted by molar-refractivity contribution is 7.15. The molecule has 0 aliphatic carbocycles. The molecule has 0 fully saturated rings. The van der Waals surface area contributed by atoms with Crippen molar-refractivity contribution in [2.45, 2.75) is 19.3 Å². The van der Waals surface area contributed by atoms with E-state index in [-0.39, 0.29) is 16.7 Å². The first-order chi connectivity index (χ1) is 15.3. The van der Waals surface area contributed by atoms with E-state index in [0.717, 1.165) is 11.3 Å². The van der Waals surface area contributed by atoms with Gasteiger partial charge in [0.05, 0.1) is 15.1 Å². The maximum absolute atomic E-state index is 13.0. The van der Waals surface area contributed by atoms with Gasteiger partial charge in [0.2, 0.25) is 0 Å². The molecule has 8 heteroatoms. The maximum Gasteiger partial charge on any atom is 0.274 e. The van der Waals surface area contributed by atoms with Crippen LogP contribution in [-0.4, -0.2) is 21.4 Å². The van der Waals surface area contributed by atoms with E-state index in [1.807, 2.05) is 31.3 Å². The number of benzene rings is 2. The minimum atomic E-state index is -0.441. The molecule has 32 heavy (non-hydrogen) atoms. The van der Waals surface area contributed by atoms with E-state index in [9.17, 15) is 14.9 Å². The van der Waals surface area contributed by atoms with Gasteiger partial charge in [-0.05, 0) is 35.9 Å². The number of nitro benzene ring substituents is 1. The number of para-hydroxylation sites is 1. The second kappa shape index (κ2) is 7.13. The molecular weight excluding hydrogens is 424 g/mol. The number of hydrogen-bond donors (Lipinski definition) is 0. The normalized spacial score (nSPS) is 16.8.